The van der Waals surface area contributed by atoms with Crippen molar-refractivity contribution in [2.45, 2.75) is 26.2 Å². The molecule has 0 saturated heterocycles. The monoisotopic (exact) mass is 578 g/mol. The molecule has 10 heteroatoms. The molecule has 8 rings (SSSR count). The zero-order valence-electron chi connectivity index (χ0n) is 23.9. The van der Waals surface area contributed by atoms with Crippen LogP contribution in [0.3, 0.4) is 0 Å². The Balaban J connectivity index is 1.12. The Morgan fingerprint density at radius 2 is 0.636 bits per heavy atom. The fourth-order valence-corrected chi connectivity index (χ4v) is 5.60. The quantitative estimate of drug-likeness (QED) is 0.150. The standard InChI is InChI=1S/C34H30N10/c1-2-10-24-23(9-1)35-31(36-24)19-43(20-32-37-25-11-3-4-12-26(25)38-32)17-18-44(21-33-39-27-13-5-6-14-28(27)40-33)22-34-41-29-15-7-8-16-30(29)42-34/h1-18H,19-22H2,(H,35,36)(H,37,38)(H,39,40)(H,41,42)/b18-17+. The summed E-state index contributed by atoms with van der Waals surface area (Å²) in [4.78, 5) is 37.7. The van der Waals surface area contributed by atoms with Crippen LogP contribution in [0, 0.1) is 0 Å². The first-order valence-corrected chi connectivity index (χ1v) is 14.6. The van der Waals surface area contributed by atoms with E-state index in [0.29, 0.717) is 26.2 Å². The first-order chi connectivity index (χ1) is 21.7. The van der Waals surface area contributed by atoms with E-state index in [1.807, 2.05) is 97.1 Å². The molecule has 4 heterocycles. The topological polar surface area (TPSA) is 121 Å². The van der Waals surface area contributed by atoms with Crippen molar-refractivity contribution < 1.29 is 0 Å². The fraction of sp³-hybridized carbons (Fsp3) is 0.118. The highest BCUT2D eigenvalue weighted by atomic mass is 15.2. The number of benzene rings is 4. The Bertz CT molecular complexity index is 1790. The molecule has 0 aliphatic carbocycles. The molecular weight excluding hydrogens is 548 g/mol. The maximum Gasteiger partial charge on any atom is 0.126 e. The summed E-state index contributed by atoms with van der Waals surface area (Å²) < 4.78 is 0. The number of H-pyrrole nitrogens is 4. The van der Waals surface area contributed by atoms with Crippen molar-refractivity contribution in [3.8, 4) is 0 Å². The number of aromatic nitrogens is 8. The molecule has 0 saturated carbocycles. The van der Waals surface area contributed by atoms with E-state index in [1.54, 1.807) is 0 Å². The summed E-state index contributed by atoms with van der Waals surface area (Å²) in [5.41, 5.74) is 7.88. The second-order valence-corrected chi connectivity index (χ2v) is 10.9. The van der Waals surface area contributed by atoms with Gasteiger partial charge in [0.1, 0.15) is 23.3 Å². The van der Waals surface area contributed by atoms with E-state index in [1.165, 1.54) is 0 Å². The van der Waals surface area contributed by atoms with Crippen molar-refractivity contribution >= 4 is 44.1 Å². The molecule has 4 aromatic heterocycles. The minimum atomic E-state index is 0.575. The lowest BCUT2D eigenvalue weighted by molar-refractivity contribution is 0.309. The highest BCUT2D eigenvalue weighted by molar-refractivity contribution is 5.76. The lowest BCUT2D eigenvalue weighted by Crippen LogP contribution is -2.22. The van der Waals surface area contributed by atoms with Crippen molar-refractivity contribution in [2.24, 2.45) is 0 Å². The van der Waals surface area contributed by atoms with E-state index in [0.717, 1.165) is 67.4 Å². The van der Waals surface area contributed by atoms with Gasteiger partial charge in [0.05, 0.1) is 70.3 Å². The Kier molecular flexibility index (Phi) is 6.48. The number of rotatable bonds is 10. The molecule has 0 aliphatic heterocycles. The maximum absolute atomic E-state index is 4.84. The average molecular weight is 579 g/mol. The van der Waals surface area contributed by atoms with Crippen LogP contribution in [0.25, 0.3) is 44.1 Å². The molecule has 0 spiro atoms. The van der Waals surface area contributed by atoms with Crippen LogP contribution in [0.5, 0.6) is 0 Å². The number of hydrogen-bond donors (Lipinski definition) is 4. The van der Waals surface area contributed by atoms with Gasteiger partial charge in [-0.25, -0.2) is 19.9 Å². The minimum Gasteiger partial charge on any atom is -0.361 e. The Morgan fingerprint density at radius 3 is 0.886 bits per heavy atom. The number of fused-ring (bicyclic) bond motifs is 4. The lowest BCUT2D eigenvalue weighted by Gasteiger charge is -2.22. The van der Waals surface area contributed by atoms with Gasteiger partial charge in [-0.2, -0.15) is 0 Å². The number of para-hydroxylation sites is 8. The van der Waals surface area contributed by atoms with Gasteiger partial charge in [-0.1, -0.05) is 48.5 Å². The summed E-state index contributed by atoms with van der Waals surface area (Å²) in [5.74, 6) is 3.53. The van der Waals surface area contributed by atoms with Gasteiger partial charge in [-0.3, -0.25) is 0 Å². The van der Waals surface area contributed by atoms with E-state index >= 15 is 0 Å². The van der Waals surface area contributed by atoms with Gasteiger partial charge in [0.15, 0.2) is 0 Å². The van der Waals surface area contributed by atoms with Crippen LogP contribution in [0.4, 0.5) is 0 Å². The SMILES string of the molecule is C(=C\N(Cc1nc2ccccc2[nH]1)Cc1nc2ccccc2[nH]1)/N(Cc1nc2ccccc2[nH]1)Cc1nc2ccccc2[nH]1. The van der Waals surface area contributed by atoms with Crippen molar-refractivity contribution in [1.82, 2.24) is 49.7 Å². The largest absolute Gasteiger partial charge is 0.361 e. The van der Waals surface area contributed by atoms with Gasteiger partial charge < -0.3 is 29.7 Å². The Labute approximate surface area is 252 Å². The summed E-state index contributed by atoms with van der Waals surface area (Å²) in [7, 11) is 0. The molecule has 0 unspecified atom stereocenters. The molecule has 4 N–H and O–H groups in total. The van der Waals surface area contributed by atoms with Gasteiger partial charge in [0, 0.05) is 12.4 Å². The van der Waals surface area contributed by atoms with Crippen molar-refractivity contribution in [3.05, 3.63) is 133 Å². The smallest absolute Gasteiger partial charge is 0.126 e. The molecule has 44 heavy (non-hydrogen) atoms. The average Bonchev–Trinajstić information content (AvgIpc) is 3.82. The van der Waals surface area contributed by atoms with Gasteiger partial charge in [-0.05, 0) is 48.5 Å². The number of imidazole rings is 4. The number of nitrogens with zero attached hydrogens (tertiary/aromatic N) is 6. The molecular formula is C34H30N10. The van der Waals surface area contributed by atoms with Gasteiger partial charge in [0.2, 0.25) is 0 Å². The second-order valence-electron chi connectivity index (χ2n) is 10.9. The van der Waals surface area contributed by atoms with E-state index < -0.39 is 0 Å². The van der Waals surface area contributed by atoms with E-state index in [4.69, 9.17) is 19.9 Å². The van der Waals surface area contributed by atoms with Crippen LogP contribution in [0.15, 0.2) is 109 Å². The summed E-state index contributed by atoms with van der Waals surface area (Å²) >= 11 is 0. The zero-order chi connectivity index (χ0) is 29.3. The lowest BCUT2D eigenvalue weighted by atomic mass is 10.3. The molecule has 4 aromatic carbocycles. The van der Waals surface area contributed by atoms with Gasteiger partial charge in [0.25, 0.3) is 0 Å². The molecule has 0 aliphatic rings. The van der Waals surface area contributed by atoms with Crippen LogP contribution in [-0.4, -0.2) is 49.7 Å². The second kappa shape index (κ2) is 11.1. The molecule has 0 amide bonds. The molecule has 0 atom stereocenters. The van der Waals surface area contributed by atoms with Gasteiger partial charge >= 0.3 is 0 Å². The molecule has 0 radical (unpaired) electrons. The summed E-state index contributed by atoms with van der Waals surface area (Å²) in [6.45, 7) is 2.30. The van der Waals surface area contributed by atoms with E-state index in [9.17, 15) is 0 Å². The van der Waals surface area contributed by atoms with Crippen LogP contribution in [-0.2, 0) is 26.2 Å². The highest BCUT2D eigenvalue weighted by Gasteiger charge is 2.14. The van der Waals surface area contributed by atoms with Crippen molar-refractivity contribution in [2.75, 3.05) is 0 Å². The molecule has 216 valence electrons. The Morgan fingerprint density at radius 1 is 0.386 bits per heavy atom. The molecule has 0 bridgehead atoms. The van der Waals surface area contributed by atoms with E-state index in [2.05, 4.69) is 42.1 Å². The van der Waals surface area contributed by atoms with Crippen LogP contribution >= 0.6 is 0 Å². The maximum atomic E-state index is 4.84. The predicted octanol–water partition coefficient (Wildman–Crippen LogP) is 6.37. The number of aromatic amines is 4. The van der Waals surface area contributed by atoms with Crippen LogP contribution in [0.2, 0.25) is 0 Å². The zero-order valence-corrected chi connectivity index (χ0v) is 23.9. The minimum absolute atomic E-state index is 0.575. The van der Waals surface area contributed by atoms with E-state index in [-0.39, 0.29) is 0 Å². The number of nitrogens with one attached hydrogen (secondary N) is 4. The number of hydrogen-bond acceptors (Lipinski definition) is 6. The predicted molar refractivity (Wildman–Crippen MR) is 172 cm³/mol. The van der Waals surface area contributed by atoms with Crippen molar-refractivity contribution in [1.29, 1.82) is 0 Å². The van der Waals surface area contributed by atoms with Crippen LogP contribution in [0.1, 0.15) is 23.3 Å². The van der Waals surface area contributed by atoms with Gasteiger partial charge in [-0.15, -0.1) is 0 Å². The van der Waals surface area contributed by atoms with Crippen LogP contribution < -0.4 is 0 Å². The molecule has 8 aromatic rings. The summed E-state index contributed by atoms with van der Waals surface area (Å²) in [5, 5.41) is 0. The first kappa shape index (κ1) is 25.8. The third-order valence-electron chi connectivity index (χ3n) is 7.65. The fourth-order valence-electron chi connectivity index (χ4n) is 5.60. The highest BCUT2D eigenvalue weighted by Crippen LogP contribution is 2.18. The summed E-state index contributed by atoms with van der Waals surface area (Å²) in [6.07, 6.45) is 4.21. The third kappa shape index (κ3) is 5.36. The first-order valence-electron chi connectivity index (χ1n) is 14.6. The third-order valence-corrected chi connectivity index (χ3v) is 7.65. The molecule has 0 fully saturated rings. The normalized spacial score (nSPS) is 11.9. The summed E-state index contributed by atoms with van der Waals surface area (Å²) in [6, 6.07) is 32.4. The van der Waals surface area contributed by atoms with Crippen molar-refractivity contribution in [3.63, 3.8) is 0 Å². The molecule has 10 nitrogen and oxygen atoms in total. The Hall–Kier alpha value is -5.90.